The maximum Gasteiger partial charge on any atom is 0.418 e. The number of hydrogen-bond acceptors (Lipinski definition) is 1. The molecule has 3 aromatic rings. The van der Waals surface area contributed by atoms with E-state index >= 15 is 0 Å². The van der Waals surface area contributed by atoms with Gasteiger partial charge in [0, 0.05) is 0 Å². The number of halogens is 3. The first kappa shape index (κ1) is 13.9. The van der Waals surface area contributed by atoms with Gasteiger partial charge in [-0.2, -0.15) is 13.2 Å². The molecular weight excluding hydrogens is 297 g/mol. The number of rotatable bonds is 1. The highest BCUT2D eigenvalue weighted by atomic mass is 32.1. The molecule has 6 heteroatoms. The number of aromatic amines is 1. The lowest BCUT2D eigenvalue weighted by Crippen LogP contribution is -2.10. The molecule has 21 heavy (non-hydrogen) atoms. The van der Waals surface area contributed by atoms with Crippen LogP contribution in [0.4, 0.5) is 13.2 Å². The fraction of sp³-hybridized carbons (Fsp3) is 0.133. The largest absolute Gasteiger partial charge is 0.418 e. The number of benzene rings is 2. The number of aryl methyl sites for hydroxylation is 1. The Bertz CT molecular complexity index is 874. The molecule has 0 atom stereocenters. The van der Waals surface area contributed by atoms with Crippen LogP contribution in [0.25, 0.3) is 16.7 Å². The van der Waals surface area contributed by atoms with Crippen molar-refractivity contribution in [3.05, 3.63) is 58.4 Å². The second-order valence-electron chi connectivity index (χ2n) is 4.75. The molecule has 0 saturated carbocycles. The van der Waals surface area contributed by atoms with E-state index in [2.05, 4.69) is 4.98 Å². The van der Waals surface area contributed by atoms with Crippen LogP contribution in [-0.2, 0) is 6.18 Å². The summed E-state index contributed by atoms with van der Waals surface area (Å²) in [6.07, 6.45) is -4.43. The Balaban J connectivity index is 2.43. The van der Waals surface area contributed by atoms with Crippen molar-refractivity contribution in [1.82, 2.24) is 9.55 Å². The van der Waals surface area contributed by atoms with E-state index in [1.165, 1.54) is 16.7 Å². The lowest BCUT2D eigenvalue weighted by atomic mass is 10.1. The second-order valence-corrected chi connectivity index (χ2v) is 5.14. The first-order valence-corrected chi connectivity index (χ1v) is 6.67. The Kier molecular flexibility index (Phi) is 3.13. The smallest absolute Gasteiger partial charge is 0.330 e. The second kappa shape index (κ2) is 4.73. The highest BCUT2D eigenvalue weighted by molar-refractivity contribution is 7.71. The number of nitrogens with zero attached hydrogens (tertiary/aromatic N) is 1. The predicted molar refractivity (Wildman–Crippen MR) is 78.2 cm³/mol. The van der Waals surface area contributed by atoms with E-state index in [1.807, 2.05) is 19.1 Å². The quantitative estimate of drug-likeness (QED) is 0.626. The van der Waals surface area contributed by atoms with Gasteiger partial charge in [0.2, 0.25) is 0 Å². The number of aromatic nitrogens is 2. The molecule has 2 aromatic carbocycles. The lowest BCUT2D eigenvalue weighted by Gasteiger charge is -2.14. The summed E-state index contributed by atoms with van der Waals surface area (Å²) in [4.78, 5) is 2.96. The van der Waals surface area contributed by atoms with Crippen molar-refractivity contribution < 1.29 is 13.2 Å². The monoisotopic (exact) mass is 308 g/mol. The van der Waals surface area contributed by atoms with Crippen molar-refractivity contribution in [1.29, 1.82) is 0 Å². The van der Waals surface area contributed by atoms with E-state index in [0.717, 1.165) is 17.1 Å². The van der Waals surface area contributed by atoms with Crippen molar-refractivity contribution in [2.75, 3.05) is 0 Å². The Morgan fingerprint density at radius 3 is 2.48 bits per heavy atom. The number of H-pyrrole nitrogens is 1. The van der Waals surface area contributed by atoms with Gasteiger partial charge in [0.1, 0.15) is 0 Å². The average Bonchev–Trinajstić information content (AvgIpc) is 2.75. The van der Waals surface area contributed by atoms with Gasteiger partial charge in [-0.05, 0) is 42.9 Å². The van der Waals surface area contributed by atoms with Crippen LogP contribution >= 0.6 is 12.2 Å². The number of alkyl halides is 3. The zero-order valence-corrected chi connectivity index (χ0v) is 11.8. The third-order valence-electron chi connectivity index (χ3n) is 3.36. The number of para-hydroxylation sites is 2. The zero-order chi connectivity index (χ0) is 15.2. The summed E-state index contributed by atoms with van der Waals surface area (Å²) in [6.45, 7) is 1.84. The molecule has 3 rings (SSSR count). The maximum absolute atomic E-state index is 13.2. The highest BCUT2D eigenvalue weighted by Gasteiger charge is 2.34. The van der Waals surface area contributed by atoms with Crippen LogP contribution in [0, 0.1) is 11.7 Å². The van der Waals surface area contributed by atoms with Gasteiger partial charge in [0.15, 0.2) is 4.77 Å². The molecule has 0 radical (unpaired) electrons. The number of hydrogen-bond donors (Lipinski definition) is 1. The molecule has 0 spiro atoms. The molecule has 1 heterocycles. The molecule has 1 aromatic heterocycles. The molecule has 0 unspecified atom stereocenters. The first-order chi connectivity index (χ1) is 9.89. The van der Waals surface area contributed by atoms with Crippen LogP contribution in [0.5, 0.6) is 0 Å². The van der Waals surface area contributed by atoms with Crippen molar-refractivity contribution in [2.24, 2.45) is 0 Å². The van der Waals surface area contributed by atoms with Crippen molar-refractivity contribution in [3.8, 4) is 5.69 Å². The van der Waals surface area contributed by atoms with E-state index < -0.39 is 11.7 Å². The summed E-state index contributed by atoms with van der Waals surface area (Å²) >= 11 is 5.22. The number of nitrogens with one attached hydrogen (secondary N) is 1. The van der Waals surface area contributed by atoms with Crippen LogP contribution in [-0.4, -0.2) is 9.55 Å². The lowest BCUT2D eigenvalue weighted by molar-refractivity contribution is -0.137. The van der Waals surface area contributed by atoms with Crippen molar-refractivity contribution >= 4 is 23.3 Å². The van der Waals surface area contributed by atoms with E-state index in [4.69, 9.17) is 12.2 Å². The van der Waals surface area contributed by atoms with Crippen LogP contribution in [0.2, 0.25) is 0 Å². The van der Waals surface area contributed by atoms with Gasteiger partial charge in [-0.25, -0.2) is 0 Å². The highest BCUT2D eigenvalue weighted by Crippen LogP contribution is 2.35. The molecule has 0 aliphatic heterocycles. The van der Waals surface area contributed by atoms with Gasteiger partial charge in [-0.15, -0.1) is 0 Å². The van der Waals surface area contributed by atoms with Gasteiger partial charge >= 0.3 is 6.18 Å². The van der Waals surface area contributed by atoms with Gasteiger partial charge < -0.3 is 4.98 Å². The average molecular weight is 308 g/mol. The minimum Gasteiger partial charge on any atom is -0.330 e. The summed E-state index contributed by atoms with van der Waals surface area (Å²) < 4.78 is 41.3. The predicted octanol–water partition coefficient (Wildman–Crippen LogP) is 5.02. The molecule has 0 fully saturated rings. The fourth-order valence-corrected chi connectivity index (χ4v) is 2.77. The molecule has 108 valence electrons. The Hall–Kier alpha value is -2.08. The van der Waals surface area contributed by atoms with Crippen molar-refractivity contribution in [2.45, 2.75) is 13.1 Å². The number of imidazole rings is 1. The SMILES string of the molecule is Cc1cccc2[nH]c(=S)n(-c3ccccc3C(F)(F)F)c12. The molecule has 0 aliphatic carbocycles. The van der Waals surface area contributed by atoms with E-state index in [9.17, 15) is 13.2 Å². The molecule has 0 amide bonds. The van der Waals surface area contributed by atoms with Crippen LogP contribution in [0.15, 0.2) is 42.5 Å². The van der Waals surface area contributed by atoms with Crippen LogP contribution in [0.1, 0.15) is 11.1 Å². The summed E-state index contributed by atoms with van der Waals surface area (Å²) in [5, 5.41) is 0. The maximum atomic E-state index is 13.2. The molecule has 0 bridgehead atoms. The molecule has 2 nitrogen and oxygen atoms in total. The third kappa shape index (κ3) is 2.25. The third-order valence-corrected chi connectivity index (χ3v) is 3.64. The van der Waals surface area contributed by atoms with Gasteiger partial charge in [-0.3, -0.25) is 4.57 Å². The normalized spacial score (nSPS) is 12.0. The van der Waals surface area contributed by atoms with E-state index in [1.54, 1.807) is 12.1 Å². The molecule has 0 saturated heterocycles. The van der Waals surface area contributed by atoms with Crippen LogP contribution in [0.3, 0.4) is 0 Å². The summed E-state index contributed by atoms with van der Waals surface area (Å²) in [5.41, 5.74) is 1.58. The van der Waals surface area contributed by atoms with E-state index in [-0.39, 0.29) is 10.5 Å². The summed E-state index contributed by atoms with van der Waals surface area (Å²) in [6, 6.07) is 10.9. The summed E-state index contributed by atoms with van der Waals surface area (Å²) in [5.74, 6) is 0. The van der Waals surface area contributed by atoms with Crippen molar-refractivity contribution in [3.63, 3.8) is 0 Å². The van der Waals surface area contributed by atoms with E-state index in [0.29, 0.717) is 5.52 Å². The van der Waals surface area contributed by atoms with Gasteiger partial charge in [0.05, 0.1) is 22.3 Å². The fourth-order valence-electron chi connectivity index (χ4n) is 2.47. The standard InChI is InChI=1S/C15H11F3N2S/c1-9-5-4-7-11-13(9)20(14(21)19-11)12-8-3-2-6-10(12)15(16,17)18/h2-8H,1H3,(H,19,21). The Morgan fingerprint density at radius 1 is 1.05 bits per heavy atom. The van der Waals surface area contributed by atoms with Gasteiger partial charge in [0.25, 0.3) is 0 Å². The Labute approximate surface area is 123 Å². The Morgan fingerprint density at radius 2 is 1.76 bits per heavy atom. The molecule has 0 aliphatic rings. The first-order valence-electron chi connectivity index (χ1n) is 6.26. The van der Waals surface area contributed by atoms with Crippen LogP contribution < -0.4 is 0 Å². The topological polar surface area (TPSA) is 20.7 Å². The number of fused-ring (bicyclic) bond motifs is 1. The molecule has 1 N–H and O–H groups in total. The zero-order valence-electron chi connectivity index (χ0n) is 11.0. The molecular formula is C15H11F3N2S. The minimum atomic E-state index is -4.43. The minimum absolute atomic E-state index is 0.0375. The van der Waals surface area contributed by atoms with Gasteiger partial charge in [-0.1, -0.05) is 24.3 Å². The summed E-state index contributed by atoms with van der Waals surface area (Å²) in [7, 11) is 0.